The van der Waals surface area contributed by atoms with Crippen LogP contribution in [0.1, 0.15) is 18.4 Å². The van der Waals surface area contributed by atoms with Crippen LogP contribution in [0.15, 0.2) is 43.3 Å². The largest absolute Gasteiger partial charge is 0.346 e. The average Bonchev–Trinajstić information content (AvgIpc) is 2.90. The van der Waals surface area contributed by atoms with Gasteiger partial charge in [-0.2, -0.15) is 0 Å². The van der Waals surface area contributed by atoms with Crippen LogP contribution in [0.3, 0.4) is 0 Å². The zero-order valence-electron chi connectivity index (χ0n) is 11.1. The van der Waals surface area contributed by atoms with Crippen molar-refractivity contribution < 1.29 is 0 Å². The van der Waals surface area contributed by atoms with E-state index in [0.29, 0.717) is 0 Å². The SMILES string of the molecule is C=CCCN1CC=C(c2c[nH]c3ncccc23)CC1. The molecule has 3 nitrogen and oxygen atoms in total. The molecular weight excluding hydrogens is 234 g/mol. The van der Waals surface area contributed by atoms with Crippen LogP contribution in [0.4, 0.5) is 0 Å². The molecule has 1 aliphatic heterocycles. The van der Waals surface area contributed by atoms with Crippen molar-refractivity contribution in [3.05, 3.63) is 48.8 Å². The lowest BCUT2D eigenvalue weighted by Gasteiger charge is -2.25. The molecule has 0 amide bonds. The Bertz CT molecular complexity index is 609. The molecule has 19 heavy (non-hydrogen) atoms. The average molecular weight is 253 g/mol. The highest BCUT2D eigenvalue weighted by molar-refractivity contribution is 5.90. The molecule has 0 saturated heterocycles. The van der Waals surface area contributed by atoms with E-state index in [0.717, 1.165) is 38.1 Å². The summed E-state index contributed by atoms with van der Waals surface area (Å²) in [4.78, 5) is 10.1. The molecule has 3 heteroatoms. The lowest BCUT2D eigenvalue weighted by atomic mass is 9.99. The molecule has 2 aromatic rings. The minimum absolute atomic E-state index is 0.979. The van der Waals surface area contributed by atoms with Crippen molar-refractivity contribution in [3.8, 4) is 0 Å². The number of aromatic amines is 1. The number of pyridine rings is 1. The Labute approximate surface area is 113 Å². The topological polar surface area (TPSA) is 31.9 Å². The van der Waals surface area contributed by atoms with Gasteiger partial charge in [0.25, 0.3) is 0 Å². The van der Waals surface area contributed by atoms with Gasteiger partial charge in [-0.15, -0.1) is 6.58 Å². The number of fused-ring (bicyclic) bond motifs is 1. The number of nitrogens with one attached hydrogen (secondary N) is 1. The second-order valence-corrected chi connectivity index (χ2v) is 4.96. The molecule has 0 spiro atoms. The van der Waals surface area contributed by atoms with E-state index in [1.807, 2.05) is 18.3 Å². The van der Waals surface area contributed by atoms with Gasteiger partial charge in [0.15, 0.2) is 0 Å². The highest BCUT2D eigenvalue weighted by Crippen LogP contribution is 2.28. The predicted molar refractivity (Wildman–Crippen MR) is 79.9 cm³/mol. The van der Waals surface area contributed by atoms with Crippen LogP contribution in [0.2, 0.25) is 0 Å². The maximum atomic E-state index is 4.35. The molecule has 0 atom stereocenters. The first-order valence-electron chi connectivity index (χ1n) is 6.83. The quantitative estimate of drug-likeness (QED) is 0.848. The smallest absolute Gasteiger partial charge is 0.137 e. The predicted octanol–water partition coefficient (Wildman–Crippen LogP) is 3.23. The standard InChI is InChI=1S/C16H19N3/c1-2-3-9-19-10-6-13(7-11-19)15-12-18-16-14(15)5-4-8-17-16/h2,4-6,8,12H,1,3,7,9-11H2,(H,17,18). The van der Waals surface area contributed by atoms with Crippen LogP contribution in [0.25, 0.3) is 16.6 Å². The maximum absolute atomic E-state index is 4.35. The molecule has 0 aromatic carbocycles. The molecule has 0 unspecified atom stereocenters. The molecule has 0 aliphatic carbocycles. The van der Waals surface area contributed by atoms with Gasteiger partial charge in [-0.1, -0.05) is 12.2 Å². The lowest BCUT2D eigenvalue weighted by molar-refractivity contribution is 0.308. The van der Waals surface area contributed by atoms with Crippen molar-refractivity contribution in [2.45, 2.75) is 12.8 Å². The van der Waals surface area contributed by atoms with Crippen molar-refractivity contribution in [1.82, 2.24) is 14.9 Å². The molecule has 0 radical (unpaired) electrons. The molecule has 3 rings (SSSR count). The van der Waals surface area contributed by atoms with Crippen molar-refractivity contribution in [2.24, 2.45) is 0 Å². The van der Waals surface area contributed by atoms with E-state index < -0.39 is 0 Å². The van der Waals surface area contributed by atoms with Gasteiger partial charge in [0.05, 0.1) is 0 Å². The number of H-pyrrole nitrogens is 1. The minimum atomic E-state index is 0.979. The first-order valence-corrected chi connectivity index (χ1v) is 6.83. The van der Waals surface area contributed by atoms with Gasteiger partial charge in [0, 0.05) is 43.0 Å². The Morgan fingerprint density at radius 1 is 1.47 bits per heavy atom. The van der Waals surface area contributed by atoms with Gasteiger partial charge in [0.2, 0.25) is 0 Å². The number of hydrogen-bond donors (Lipinski definition) is 1. The third-order valence-corrected chi connectivity index (χ3v) is 3.74. The molecule has 0 bridgehead atoms. The summed E-state index contributed by atoms with van der Waals surface area (Å²) in [6.45, 7) is 7.06. The minimum Gasteiger partial charge on any atom is -0.346 e. The van der Waals surface area contributed by atoms with Crippen LogP contribution in [0.5, 0.6) is 0 Å². The maximum Gasteiger partial charge on any atom is 0.137 e. The molecule has 0 saturated carbocycles. The summed E-state index contributed by atoms with van der Waals surface area (Å²) in [6.07, 6.45) is 10.4. The third kappa shape index (κ3) is 2.47. The normalized spacial score (nSPS) is 16.5. The monoisotopic (exact) mass is 253 g/mol. The number of hydrogen-bond acceptors (Lipinski definition) is 2. The van der Waals surface area contributed by atoms with Gasteiger partial charge in [-0.05, 0) is 30.5 Å². The molecular formula is C16H19N3. The van der Waals surface area contributed by atoms with E-state index in [1.54, 1.807) is 0 Å². The van der Waals surface area contributed by atoms with Crippen LogP contribution < -0.4 is 0 Å². The summed E-state index contributed by atoms with van der Waals surface area (Å²) in [5, 5.41) is 1.23. The fourth-order valence-electron chi connectivity index (χ4n) is 2.65. The number of rotatable bonds is 4. The molecule has 1 N–H and O–H groups in total. The lowest BCUT2D eigenvalue weighted by Crippen LogP contribution is -2.29. The van der Waals surface area contributed by atoms with Crippen LogP contribution in [0, 0.1) is 0 Å². The zero-order chi connectivity index (χ0) is 13.1. The van der Waals surface area contributed by atoms with Gasteiger partial charge in [-0.25, -0.2) is 4.98 Å². The summed E-state index contributed by atoms with van der Waals surface area (Å²) < 4.78 is 0. The second kappa shape index (κ2) is 5.41. The fraction of sp³-hybridized carbons (Fsp3) is 0.312. The van der Waals surface area contributed by atoms with E-state index in [4.69, 9.17) is 0 Å². The molecule has 1 aliphatic rings. The molecule has 3 heterocycles. The van der Waals surface area contributed by atoms with Crippen molar-refractivity contribution in [3.63, 3.8) is 0 Å². The molecule has 2 aromatic heterocycles. The van der Waals surface area contributed by atoms with E-state index in [2.05, 4.69) is 39.8 Å². The summed E-state index contributed by atoms with van der Waals surface area (Å²) in [6, 6.07) is 4.14. The summed E-state index contributed by atoms with van der Waals surface area (Å²) in [7, 11) is 0. The van der Waals surface area contributed by atoms with E-state index in [1.165, 1.54) is 16.5 Å². The Kier molecular flexibility index (Phi) is 3.47. The summed E-state index contributed by atoms with van der Waals surface area (Å²) in [5.41, 5.74) is 3.73. The van der Waals surface area contributed by atoms with E-state index in [9.17, 15) is 0 Å². The first kappa shape index (κ1) is 12.2. The van der Waals surface area contributed by atoms with Crippen LogP contribution >= 0.6 is 0 Å². The molecule has 0 fully saturated rings. The Hall–Kier alpha value is -1.87. The van der Waals surface area contributed by atoms with E-state index >= 15 is 0 Å². The Morgan fingerprint density at radius 3 is 3.21 bits per heavy atom. The van der Waals surface area contributed by atoms with Crippen molar-refractivity contribution in [1.29, 1.82) is 0 Å². The van der Waals surface area contributed by atoms with Crippen molar-refractivity contribution in [2.75, 3.05) is 19.6 Å². The Balaban J connectivity index is 1.80. The zero-order valence-corrected chi connectivity index (χ0v) is 11.1. The van der Waals surface area contributed by atoms with Gasteiger partial charge >= 0.3 is 0 Å². The second-order valence-electron chi connectivity index (χ2n) is 4.96. The van der Waals surface area contributed by atoms with E-state index in [-0.39, 0.29) is 0 Å². The number of aromatic nitrogens is 2. The van der Waals surface area contributed by atoms with Gasteiger partial charge in [0.1, 0.15) is 5.65 Å². The Morgan fingerprint density at radius 2 is 2.42 bits per heavy atom. The highest BCUT2D eigenvalue weighted by atomic mass is 15.1. The van der Waals surface area contributed by atoms with Crippen LogP contribution in [-0.4, -0.2) is 34.5 Å². The van der Waals surface area contributed by atoms with Gasteiger partial charge in [-0.3, -0.25) is 4.90 Å². The summed E-state index contributed by atoms with van der Waals surface area (Å²) >= 11 is 0. The summed E-state index contributed by atoms with van der Waals surface area (Å²) in [5.74, 6) is 0. The number of nitrogens with zero attached hydrogens (tertiary/aromatic N) is 2. The highest BCUT2D eigenvalue weighted by Gasteiger charge is 2.15. The fourth-order valence-corrected chi connectivity index (χ4v) is 2.65. The van der Waals surface area contributed by atoms with Crippen LogP contribution in [-0.2, 0) is 0 Å². The van der Waals surface area contributed by atoms with Crippen molar-refractivity contribution >= 4 is 16.6 Å². The molecule has 98 valence electrons. The third-order valence-electron chi connectivity index (χ3n) is 3.74. The van der Waals surface area contributed by atoms with Gasteiger partial charge < -0.3 is 4.98 Å². The first-order chi connectivity index (χ1) is 9.38.